The van der Waals surface area contributed by atoms with Gasteiger partial charge in [-0.2, -0.15) is 0 Å². The molecular formula is C62H65BN2O. The van der Waals surface area contributed by atoms with E-state index >= 15 is 0 Å². The molecule has 3 nitrogen and oxygen atoms in total. The van der Waals surface area contributed by atoms with E-state index < -0.39 is 0 Å². The van der Waals surface area contributed by atoms with E-state index in [9.17, 15) is 0 Å². The third kappa shape index (κ3) is 6.68. The minimum Gasteiger partial charge on any atom is -0.456 e. The molecule has 4 heteroatoms. The number of fused-ring (bicyclic) bond motifs is 8. The van der Waals surface area contributed by atoms with Crippen LogP contribution in [-0.2, 0) is 27.1 Å². The van der Waals surface area contributed by atoms with Gasteiger partial charge in [-0.1, -0.05) is 157 Å². The molecule has 0 radical (unpaired) electrons. The Bertz CT molecular complexity index is 3270. The van der Waals surface area contributed by atoms with Gasteiger partial charge in [0.1, 0.15) is 11.2 Å². The average Bonchev–Trinajstić information content (AvgIpc) is 3.64. The number of benzene rings is 7. The number of nitrogens with zero attached hydrogens (tertiary/aromatic N) is 2. The molecule has 0 N–H and O–H groups in total. The van der Waals surface area contributed by atoms with E-state index in [1.807, 2.05) is 6.07 Å². The third-order valence-electron chi connectivity index (χ3n) is 15.6. The largest absolute Gasteiger partial charge is 0.456 e. The summed E-state index contributed by atoms with van der Waals surface area (Å²) in [5, 5.41) is 2.30. The Balaban J connectivity index is 1.17. The van der Waals surface area contributed by atoms with Crippen molar-refractivity contribution < 1.29 is 4.42 Å². The molecule has 0 saturated carbocycles. The Hall–Kier alpha value is -6.00. The molecular weight excluding hydrogens is 800 g/mol. The van der Waals surface area contributed by atoms with Gasteiger partial charge in [0.2, 0.25) is 0 Å². The number of furan rings is 1. The maximum atomic E-state index is 6.34. The van der Waals surface area contributed by atoms with Crippen LogP contribution in [0.2, 0.25) is 0 Å². The molecule has 0 bridgehead atoms. The number of para-hydroxylation sites is 1. The van der Waals surface area contributed by atoms with Gasteiger partial charge in [-0.15, -0.1) is 0 Å². The van der Waals surface area contributed by atoms with Crippen molar-refractivity contribution in [2.75, 3.05) is 9.80 Å². The molecule has 0 atom stereocenters. The van der Waals surface area contributed by atoms with Crippen molar-refractivity contribution in [3.8, 4) is 11.1 Å². The van der Waals surface area contributed by atoms with Crippen LogP contribution >= 0.6 is 0 Å². The molecule has 3 aliphatic rings. The second-order valence-electron chi connectivity index (χ2n) is 24.2. The Morgan fingerprint density at radius 2 is 1.00 bits per heavy atom. The van der Waals surface area contributed by atoms with E-state index in [0.29, 0.717) is 0 Å². The summed E-state index contributed by atoms with van der Waals surface area (Å²) in [5.41, 5.74) is 22.7. The van der Waals surface area contributed by atoms with Crippen molar-refractivity contribution in [2.45, 2.75) is 130 Å². The highest BCUT2D eigenvalue weighted by Gasteiger charge is 2.46. The topological polar surface area (TPSA) is 19.6 Å². The molecule has 66 heavy (non-hydrogen) atoms. The van der Waals surface area contributed by atoms with Crippen molar-refractivity contribution in [1.29, 1.82) is 0 Å². The number of rotatable bonds is 3. The minimum absolute atomic E-state index is 0.0219. The summed E-state index contributed by atoms with van der Waals surface area (Å²) in [7, 11) is 0. The first-order valence-corrected chi connectivity index (χ1v) is 24.3. The zero-order valence-corrected chi connectivity index (χ0v) is 41.5. The maximum Gasteiger partial charge on any atom is 0.252 e. The molecule has 11 rings (SSSR count). The fourth-order valence-electron chi connectivity index (χ4n) is 11.3. The predicted octanol–water partition coefficient (Wildman–Crippen LogP) is 15.6. The van der Waals surface area contributed by atoms with Gasteiger partial charge >= 0.3 is 0 Å². The summed E-state index contributed by atoms with van der Waals surface area (Å²) in [6.45, 7) is 31.0. The Labute approximate surface area is 393 Å². The van der Waals surface area contributed by atoms with Crippen molar-refractivity contribution in [2.24, 2.45) is 0 Å². The van der Waals surface area contributed by atoms with Crippen LogP contribution < -0.4 is 26.2 Å². The van der Waals surface area contributed by atoms with Crippen LogP contribution in [0.5, 0.6) is 0 Å². The van der Waals surface area contributed by atoms with Crippen LogP contribution in [0.15, 0.2) is 138 Å². The Morgan fingerprint density at radius 3 is 1.68 bits per heavy atom. The number of hydrogen-bond acceptors (Lipinski definition) is 3. The van der Waals surface area contributed by atoms with Gasteiger partial charge in [0.05, 0.1) is 0 Å². The van der Waals surface area contributed by atoms with Crippen molar-refractivity contribution in [3.63, 3.8) is 0 Å². The maximum absolute atomic E-state index is 6.34. The molecule has 0 spiro atoms. The van der Waals surface area contributed by atoms with E-state index in [1.54, 1.807) is 0 Å². The van der Waals surface area contributed by atoms with Gasteiger partial charge in [0, 0.05) is 44.9 Å². The third-order valence-corrected chi connectivity index (χ3v) is 15.6. The minimum atomic E-state index is -0.108. The molecule has 0 saturated heterocycles. The highest BCUT2D eigenvalue weighted by molar-refractivity contribution is 7.00. The first-order chi connectivity index (χ1) is 31.1. The van der Waals surface area contributed by atoms with Gasteiger partial charge in [0.15, 0.2) is 0 Å². The number of hydrogen-bond donors (Lipinski definition) is 0. The zero-order valence-electron chi connectivity index (χ0n) is 41.5. The smallest absolute Gasteiger partial charge is 0.252 e. The summed E-state index contributed by atoms with van der Waals surface area (Å²) >= 11 is 0. The molecule has 0 fully saturated rings. The SMILES string of the molecule is CC(C)(C)c1ccc2c(c1)B1c3ccc(C(C)(C)C)cc3N(c3ccc4c(c3)C(C)(C)CCC4(C)C)c3cc(C(C)(C)C)cc(c31)N2c1ccc(-c2ccc3c(c2)oc2ccccc23)cc1. The molecule has 1 aromatic heterocycles. The van der Waals surface area contributed by atoms with E-state index in [2.05, 4.69) is 227 Å². The summed E-state index contributed by atoms with van der Waals surface area (Å²) in [5.74, 6) is 0. The highest BCUT2D eigenvalue weighted by Crippen LogP contribution is 2.51. The standard InChI is InChI=1S/C62H65BN2O/c1-58(2,3)40-22-29-51-50(33-40)63-49-28-21-41(59(4,5)6)34-52(49)65(44-25-27-47-48(37-44)62(12,13)31-30-61(47,10)11)54-36-42(60(7,8)9)35-53(57(54)63)64(51)43-23-18-38(19-24-43)39-20-26-46-45-16-14-15-17-55(45)66-56(46)32-39/h14-29,32-37H,30-31H2,1-13H3. The van der Waals surface area contributed by atoms with E-state index in [0.717, 1.165) is 38.8 Å². The lowest BCUT2D eigenvalue weighted by molar-refractivity contribution is 0.332. The van der Waals surface area contributed by atoms with Crippen LogP contribution in [0.1, 0.15) is 131 Å². The quantitative estimate of drug-likeness (QED) is 0.165. The monoisotopic (exact) mass is 865 g/mol. The lowest BCUT2D eigenvalue weighted by atomic mass is 9.33. The van der Waals surface area contributed by atoms with Crippen LogP contribution in [0.25, 0.3) is 33.1 Å². The normalized spacial score (nSPS) is 16.3. The van der Waals surface area contributed by atoms with Gasteiger partial charge in [-0.3, -0.25) is 0 Å². The van der Waals surface area contributed by atoms with Gasteiger partial charge < -0.3 is 14.2 Å². The van der Waals surface area contributed by atoms with E-state index in [4.69, 9.17) is 4.42 Å². The zero-order chi connectivity index (χ0) is 46.5. The van der Waals surface area contributed by atoms with Crippen molar-refractivity contribution >= 4 is 79.2 Å². The number of anilines is 6. The molecule has 8 aromatic rings. The lowest BCUT2D eigenvalue weighted by Gasteiger charge is -2.46. The second-order valence-corrected chi connectivity index (χ2v) is 24.2. The molecule has 1 aliphatic carbocycles. The van der Waals surface area contributed by atoms with Gasteiger partial charge in [-0.25, -0.2) is 0 Å². The first-order valence-electron chi connectivity index (χ1n) is 24.3. The summed E-state index contributed by atoms with van der Waals surface area (Å²) in [6.07, 6.45) is 2.37. The summed E-state index contributed by atoms with van der Waals surface area (Å²) < 4.78 is 6.34. The summed E-state index contributed by atoms with van der Waals surface area (Å²) in [6, 6.07) is 51.4. The van der Waals surface area contributed by atoms with Gasteiger partial charge in [0.25, 0.3) is 6.71 Å². The molecule has 2 aliphatic heterocycles. The van der Waals surface area contributed by atoms with Crippen LogP contribution in [0, 0.1) is 0 Å². The fraction of sp³-hybridized carbons (Fsp3) is 0.323. The molecule has 7 aromatic carbocycles. The van der Waals surface area contributed by atoms with Crippen LogP contribution in [0.3, 0.4) is 0 Å². The second kappa shape index (κ2) is 14.3. The lowest BCUT2D eigenvalue weighted by Crippen LogP contribution is -2.61. The van der Waals surface area contributed by atoms with E-state index in [1.165, 1.54) is 85.5 Å². The molecule has 332 valence electrons. The van der Waals surface area contributed by atoms with Crippen molar-refractivity contribution in [1.82, 2.24) is 0 Å². The molecule has 0 amide bonds. The molecule has 3 heterocycles. The van der Waals surface area contributed by atoms with Crippen LogP contribution in [0.4, 0.5) is 34.1 Å². The van der Waals surface area contributed by atoms with Crippen molar-refractivity contribution in [3.05, 3.63) is 161 Å². The predicted molar refractivity (Wildman–Crippen MR) is 285 cm³/mol. The average molecular weight is 865 g/mol. The Kier molecular flexibility index (Phi) is 9.21. The highest BCUT2D eigenvalue weighted by atomic mass is 16.3. The van der Waals surface area contributed by atoms with E-state index in [-0.39, 0.29) is 33.8 Å². The van der Waals surface area contributed by atoms with Crippen LogP contribution in [-0.4, -0.2) is 6.71 Å². The van der Waals surface area contributed by atoms with Gasteiger partial charge in [-0.05, 0) is 162 Å². The molecule has 0 unspecified atom stereocenters. The first kappa shape index (κ1) is 42.6. The fourth-order valence-corrected chi connectivity index (χ4v) is 11.3. The Morgan fingerprint density at radius 1 is 0.439 bits per heavy atom. The summed E-state index contributed by atoms with van der Waals surface area (Å²) in [4.78, 5) is 5.23.